The summed E-state index contributed by atoms with van der Waals surface area (Å²) >= 11 is 0. The molecule has 2 aliphatic rings. The topological polar surface area (TPSA) is 126 Å². The normalized spacial score (nSPS) is 19.8. The van der Waals surface area contributed by atoms with Crippen LogP contribution in [0.4, 0.5) is 0 Å². The molecule has 356 valence electrons. The summed E-state index contributed by atoms with van der Waals surface area (Å²) in [5.74, 6) is 4.31. The number of benzene rings is 4. The number of likely N-dealkylation sites (N-methyl/N-ethyl adjacent to an activating group) is 2. The van der Waals surface area contributed by atoms with Crippen LogP contribution in [-0.2, 0) is 44.7 Å². The Morgan fingerprint density at radius 3 is 1.17 bits per heavy atom. The van der Waals surface area contributed by atoms with E-state index in [1.54, 1.807) is 56.9 Å². The van der Waals surface area contributed by atoms with E-state index in [1.165, 1.54) is 22.3 Å². The first-order valence-electron chi connectivity index (χ1n) is 22.5. The second kappa shape index (κ2) is 22.4. The van der Waals surface area contributed by atoms with Crippen molar-refractivity contribution in [2.45, 2.75) is 50.6 Å². The van der Waals surface area contributed by atoms with Crippen LogP contribution in [0.2, 0.25) is 0 Å². The van der Waals surface area contributed by atoms with Gasteiger partial charge in [-0.3, -0.25) is 0 Å². The summed E-state index contributed by atoms with van der Waals surface area (Å²) in [6.45, 7) is 3.69. The molecular formula is C52H68N2O12+2. The first kappa shape index (κ1) is 49.3. The lowest BCUT2D eigenvalue weighted by Gasteiger charge is -2.46. The van der Waals surface area contributed by atoms with Gasteiger partial charge in [0.2, 0.25) is 0 Å². The van der Waals surface area contributed by atoms with Crippen LogP contribution in [0, 0.1) is 0 Å². The van der Waals surface area contributed by atoms with Gasteiger partial charge in [0.1, 0.15) is 12.1 Å². The Hall–Kier alpha value is -6.12. The Morgan fingerprint density at radius 1 is 0.485 bits per heavy atom. The van der Waals surface area contributed by atoms with Gasteiger partial charge in [-0.05, 0) is 70.8 Å². The molecule has 14 nitrogen and oxygen atoms in total. The molecule has 0 aliphatic carbocycles. The monoisotopic (exact) mass is 912 g/mol. The van der Waals surface area contributed by atoms with Crippen molar-refractivity contribution in [3.63, 3.8) is 0 Å². The van der Waals surface area contributed by atoms with Gasteiger partial charge in [0, 0.05) is 61.8 Å². The fourth-order valence-corrected chi connectivity index (χ4v) is 9.75. The van der Waals surface area contributed by atoms with Gasteiger partial charge >= 0.3 is 11.9 Å². The zero-order valence-corrected chi connectivity index (χ0v) is 40.4. The zero-order chi connectivity index (χ0) is 47.4. The standard InChI is InChI=1S/C52H68N2O12/c1-53(23-19-37-31-47(61-7)49(63-9)33-39(37)41(53)27-35-13-15-43(57-3)45(29-35)59-5)21-11-25-65-51(55)17-18-52(56)66-26-12-22-54(2)24-20-38-32-48(62-8)50(64-10)34-40(38)42(54)28-36-14-16-44(58-4)46(30-36)60-6/h13-18,29-34,41-42H,11-12,19-28H2,1-10H3/q+2/b18-17-/t41-,42-,53-,54-/m0/s1. The van der Waals surface area contributed by atoms with Gasteiger partial charge in [0.15, 0.2) is 46.0 Å². The van der Waals surface area contributed by atoms with Gasteiger partial charge in [0.25, 0.3) is 0 Å². The van der Waals surface area contributed by atoms with Crippen LogP contribution in [0.15, 0.2) is 72.8 Å². The van der Waals surface area contributed by atoms with Gasteiger partial charge in [0.05, 0.1) is 110 Å². The highest BCUT2D eigenvalue weighted by Gasteiger charge is 2.41. The Kier molecular flexibility index (Phi) is 16.7. The predicted octanol–water partition coefficient (Wildman–Crippen LogP) is 7.45. The molecule has 0 fully saturated rings. The fraction of sp³-hybridized carbons (Fsp3) is 0.462. The number of nitrogens with zero attached hydrogens (tertiary/aromatic N) is 2. The predicted molar refractivity (Wildman–Crippen MR) is 251 cm³/mol. The molecule has 0 saturated carbocycles. The summed E-state index contributed by atoms with van der Waals surface area (Å²) in [5.41, 5.74) is 7.06. The zero-order valence-electron chi connectivity index (χ0n) is 40.4. The average Bonchev–Trinajstić information content (AvgIpc) is 3.34. The summed E-state index contributed by atoms with van der Waals surface area (Å²) in [7, 11) is 17.7. The number of hydrogen-bond donors (Lipinski definition) is 0. The Bertz CT molecular complexity index is 2190. The van der Waals surface area contributed by atoms with Crippen molar-refractivity contribution >= 4 is 11.9 Å². The van der Waals surface area contributed by atoms with Crippen LogP contribution in [0.1, 0.15) is 58.3 Å². The molecule has 0 bridgehead atoms. The number of hydrogen-bond acceptors (Lipinski definition) is 12. The third-order valence-corrected chi connectivity index (χ3v) is 13.5. The van der Waals surface area contributed by atoms with E-state index >= 15 is 0 Å². The quantitative estimate of drug-likeness (QED) is 0.0337. The van der Waals surface area contributed by atoms with Crippen LogP contribution >= 0.6 is 0 Å². The summed E-state index contributed by atoms with van der Waals surface area (Å²) < 4.78 is 57.7. The van der Waals surface area contributed by atoms with Crippen LogP contribution in [-0.4, -0.2) is 131 Å². The molecule has 4 atom stereocenters. The Labute approximate surface area is 390 Å². The maximum absolute atomic E-state index is 12.8. The van der Waals surface area contributed by atoms with Crippen molar-refractivity contribution in [2.24, 2.45) is 0 Å². The van der Waals surface area contributed by atoms with Crippen LogP contribution in [0.5, 0.6) is 46.0 Å². The van der Waals surface area contributed by atoms with Crippen molar-refractivity contribution in [3.8, 4) is 46.0 Å². The highest BCUT2D eigenvalue weighted by atomic mass is 16.5. The molecule has 14 heteroatoms. The smallest absolute Gasteiger partial charge is 0.331 e. The largest absolute Gasteiger partial charge is 0.493 e. The molecule has 4 aromatic rings. The van der Waals surface area contributed by atoms with Crippen molar-refractivity contribution in [3.05, 3.63) is 106 Å². The van der Waals surface area contributed by atoms with E-state index in [1.807, 2.05) is 24.3 Å². The number of carbonyl (C=O) groups is 2. The number of rotatable bonds is 22. The number of carbonyl (C=O) groups excluding carboxylic acids is 2. The Morgan fingerprint density at radius 2 is 0.818 bits per heavy atom. The lowest BCUT2D eigenvalue weighted by molar-refractivity contribution is -0.941. The van der Waals surface area contributed by atoms with Crippen LogP contribution in [0.25, 0.3) is 0 Å². The lowest BCUT2D eigenvalue weighted by atomic mass is 9.86. The van der Waals surface area contributed by atoms with Gasteiger partial charge < -0.3 is 56.3 Å². The molecule has 0 spiro atoms. The Balaban J connectivity index is 1.04. The lowest BCUT2D eigenvalue weighted by Crippen LogP contribution is -2.52. The molecule has 4 aromatic carbocycles. The minimum atomic E-state index is -0.590. The maximum Gasteiger partial charge on any atom is 0.331 e. The highest BCUT2D eigenvalue weighted by molar-refractivity contribution is 5.91. The van der Waals surface area contributed by atoms with Crippen molar-refractivity contribution < 1.29 is 65.9 Å². The first-order chi connectivity index (χ1) is 31.9. The average molecular weight is 913 g/mol. The van der Waals surface area contributed by atoms with E-state index in [9.17, 15) is 9.59 Å². The SMILES string of the molecule is COc1ccc(C[C@H]2c3cc(OC)c(OC)cc3CC[N@+]2(C)CCCOC(=O)/C=C\C(=O)OCCC[N@@+]2(C)CCc3cc(OC)c(OC)cc3[C@@H]2Cc2ccc(OC)c(OC)c2)cc1OC. The molecular weight excluding hydrogens is 845 g/mol. The summed E-state index contributed by atoms with van der Waals surface area (Å²) in [5, 5.41) is 0. The molecule has 2 aliphatic heterocycles. The van der Waals surface area contributed by atoms with Crippen LogP contribution in [0.3, 0.4) is 0 Å². The summed E-state index contributed by atoms with van der Waals surface area (Å²) in [4.78, 5) is 25.6. The number of fused-ring (bicyclic) bond motifs is 2. The minimum absolute atomic E-state index is 0.0726. The van der Waals surface area contributed by atoms with Gasteiger partial charge in [-0.2, -0.15) is 0 Å². The van der Waals surface area contributed by atoms with Crippen molar-refractivity contribution in [2.75, 3.05) is 110 Å². The van der Waals surface area contributed by atoms with Crippen molar-refractivity contribution in [1.82, 2.24) is 0 Å². The maximum atomic E-state index is 12.8. The molecule has 66 heavy (non-hydrogen) atoms. The minimum Gasteiger partial charge on any atom is -0.493 e. The second-order valence-corrected chi connectivity index (χ2v) is 17.4. The molecule has 0 amide bonds. The molecule has 0 radical (unpaired) electrons. The summed E-state index contributed by atoms with van der Waals surface area (Å²) in [6, 6.07) is 20.6. The summed E-state index contributed by atoms with van der Waals surface area (Å²) in [6.07, 6.45) is 6.73. The van der Waals surface area contributed by atoms with E-state index in [0.29, 0.717) is 58.8 Å². The second-order valence-electron chi connectivity index (χ2n) is 17.4. The molecule has 0 saturated heterocycles. The van der Waals surface area contributed by atoms with E-state index < -0.39 is 11.9 Å². The third kappa shape index (κ3) is 11.3. The molecule has 0 N–H and O–H groups in total. The van der Waals surface area contributed by atoms with Crippen molar-refractivity contribution in [1.29, 1.82) is 0 Å². The fourth-order valence-electron chi connectivity index (χ4n) is 9.75. The van der Waals surface area contributed by atoms with E-state index in [0.717, 1.165) is 84.1 Å². The molecule has 6 rings (SSSR count). The molecule has 0 unspecified atom stereocenters. The number of methoxy groups -OCH3 is 8. The van der Waals surface area contributed by atoms with Gasteiger partial charge in [-0.1, -0.05) is 12.1 Å². The highest BCUT2D eigenvalue weighted by Crippen LogP contribution is 2.45. The first-order valence-corrected chi connectivity index (χ1v) is 22.5. The van der Waals surface area contributed by atoms with E-state index in [2.05, 4.69) is 50.5 Å². The van der Waals surface area contributed by atoms with Gasteiger partial charge in [-0.15, -0.1) is 0 Å². The van der Waals surface area contributed by atoms with E-state index in [4.69, 9.17) is 47.4 Å². The van der Waals surface area contributed by atoms with Gasteiger partial charge in [-0.25, -0.2) is 9.59 Å². The van der Waals surface area contributed by atoms with E-state index in [-0.39, 0.29) is 25.3 Å². The third-order valence-electron chi connectivity index (χ3n) is 13.5. The number of esters is 2. The number of ether oxygens (including phenoxy) is 10. The van der Waals surface area contributed by atoms with Crippen LogP contribution < -0.4 is 37.9 Å². The molecule has 2 heterocycles. The molecule has 0 aromatic heterocycles. The number of quaternary nitrogens is 2.